The number of H-pyrrole nitrogens is 5. The van der Waals surface area contributed by atoms with Gasteiger partial charge in [0.2, 0.25) is 29.7 Å². The molecule has 145 heavy (non-hydrogen) atoms. The molecule has 20 rings (SSSR count). The summed E-state index contributed by atoms with van der Waals surface area (Å²) in [7, 11) is -33.3. The highest BCUT2D eigenvalue weighted by molar-refractivity contribution is 7.49. The number of nitrogen functional groups attached to an aromatic ring is 5. The van der Waals surface area contributed by atoms with E-state index in [-0.39, 0.29) is 96.8 Å². The molecule has 14 aromatic rings. The Morgan fingerprint density at radius 3 is 1.08 bits per heavy atom. The molecule has 0 saturated carbocycles. The number of ether oxygens (including phenoxy) is 6. The van der Waals surface area contributed by atoms with Crippen molar-refractivity contribution in [1.29, 1.82) is 0 Å². The Bertz CT molecular complexity index is 8040. The number of nitrogens with zero attached hydrogens (tertiary/aromatic N) is 18. The summed E-state index contributed by atoms with van der Waals surface area (Å²) < 4.78 is 204. The molecule has 0 spiro atoms. The highest BCUT2D eigenvalue weighted by Crippen LogP contribution is 2.58. The molecule has 22 N–H and O–H groups in total. The number of benzene rings is 2. The number of fused-ring (bicyclic) bond motifs is 6. The predicted octanol–water partition coefficient (Wildman–Crippen LogP) is 0.730. The Kier molecular flexibility index (Phi) is 27.0. The Morgan fingerprint density at radius 1 is 0.372 bits per heavy atom. The third kappa shape index (κ3) is 21.3. The molecular weight excluding hydrogens is 2060 g/mol. The fourth-order valence-corrected chi connectivity index (χ4v) is 22.7. The van der Waals surface area contributed by atoms with Gasteiger partial charge in [-0.3, -0.25) is 131 Å². The summed E-state index contributed by atoms with van der Waals surface area (Å²) in [4.78, 5) is 209. The van der Waals surface area contributed by atoms with Gasteiger partial charge in [-0.05, 0) is 31.2 Å². The number of aryl methyl sites for hydroxylation is 1. The monoisotopic (exact) mass is 2140 g/mol. The van der Waals surface area contributed by atoms with Crippen LogP contribution in [-0.4, -0.2) is 259 Å². The van der Waals surface area contributed by atoms with Crippen molar-refractivity contribution in [2.45, 2.75) is 156 Å². The van der Waals surface area contributed by atoms with Gasteiger partial charge in [-0.25, -0.2) is 72.1 Å². The SMILES string of the molecule is Cc1cn([C@H]2C[C@H](OP(=O)(O)OC[C@H]3O[C@@H](n4cnc5c(=O)[nH]c(N)nc54)C[C@@H]3OP(=O)(O)OC[C@H]3O[C@@H](n4cnc5c(=O)[nH]c(N)nc54)C[C@@H]3OP(=O)(O)OC[C@H]3O[C@@H](n4cnc5c(=O)[nH]c(N)nc54)C[C@@H]3OP(=O)(O)OC[C@H]3O[C@@H](n4cnc5c(N)ncnc54)C[C@@H]3OP(=O)(O)OC[C@H]3O[C@@H](n4cnc5c(=O)[nH]c(N)nc54)C[C@@H]3O)[C@@H](COP(=O)(O)Oc3ccccc3-c3nc4ccccc4o3)O2)c(=O)[nH]c1=O. The first-order valence-corrected chi connectivity index (χ1v) is 52.1. The lowest BCUT2D eigenvalue weighted by Crippen LogP contribution is -2.33. The van der Waals surface area contributed by atoms with Crippen molar-refractivity contribution in [2.75, 3.05) is 68.3 Å². The second-order valence-electron chi connectivity index (χ2n) is 33.3. The van der Waals surface area contributed by atoms with Crippen LogP contribution < -0.4 is 66.7 Å². The summed E-state index contributed by atoms with van der Waals surface area (Å²) in [5.74, 6) is -1.81. The van der Waals surface area contributed by atoms with Gasteiger partial charge in [0.25, 0.3) is 27.8 Å². The summed E-state index contributed by atoms with van der Waals surface area (Å²) in [5, 5.41) is 11.1. The number of phosphoric ester groups is 6. The van der Waals surface area contributed by atoms with Crippen LogP contribution in [0.15, 0.2) is 126 Å². The van der Waals surface area contributed by atoms with Gasteiger partial charge in [-0.1, -0.05) is 24.3 Å². The van der Waals surface area contributed by atoms with Crippen LogP contribution in [0.5, 0.6) is 5.75 Å². The summed E-state index contributed by atoms with van der Waals surface area (Å²) in [6.45, 7) is -4.98. The number of hydrogen-bond acceptors (Lipinski definition) is 49. The molecule has 0 amide bonds. The number of nitrogens with two attached hydrogens (primary N) is 5. The minimum atomic E-state index is -5.74. The van der Waals surface area contributed by atoms with Crippen LogP contribution in [0.25, 0.3) is 78.4 Å². The number of anilines is 5. The summed E-state index contributed by atoms with van der Waals surface area (Å²) in [6, 6.07) is 12.5. The average molecular weight is 2150 g/mol. The number of phosphoric acid groups is 6. The molecule has 0 radical (unpaired) electrons. The third-order valence-electron chi connectivity index (χ3n) is 23.7. The number of imidazole rings is 5. The lowest BCUT2D eigenvalue weighted by molar-refractivity contribution is -0.0638. The van der Waals surface area contributed by atoms with Crippen LogP contribution in [0.2, 0.25) is 0 Å². The summed E-state index contributed by atoms with van der Waals surface area (Å²) in [5.41, 5.74) is 24.1. The van der Waals surface area contributed by atoms with Crippen LogP contribution >= 0.6 is 46.9 Å². The van der Waals surface area contributed by atoms with E-state index >= 15 is 0 Å². The lowest BCUT2D eigenvalue weighted by Gasteiger charge is -2.26. The molecule has 18 heterocycles. The first kappa shape index (κ1) is 100. The average Bonchev–Trinajstić information content (AvgIpc) is 1.64. The molecule has 772 valence electrons. The number of nitrogens with one attached hydrogen (secondary N) is 5. The zero-order valence-corrected chi connectivity index (χ0v) is 79.3. The van der Waals surface area contributed by atoms with E-state index in [0.717, 1.165) is 49.8 Å². The van der Waals surface area contributed by atoms with E-state index in [1.165, 1.54) is 46.9 Å². The number of hydrogen-bond donors (Lipinski definition) is 17. The normalized spacial score (nSPS) is 27.1. The Balaban J connectivity index is 0.530. The maximum absolute atomic E-state index is 14.8. The van der Waals surface area contributed by atoms with Crippen molar-refractivity contribution in [3.8, 4) is 17.2 Å². The third-order valence-corrected chi connectivity index (χ3v) is 29.6. The largest absolute Gasteiger partial charge is 0.527 e. The van der Waals surface area contributed by atoms with E-state index in [1.54, 1.807) is 30.3 Å². The number of rotatable bonds is 37. The van der Waals surface area contributed by atoms with Gasteiger partial charge in [0.05, 0.1) is 82.9 Å². The van der Waals surface area contributed by atoms with Gasteiger partial charge in [0.1, 0.15) is 128 Å². The van der Waals surface area contributed by atoms with E-state index in [9.17, 15) is 90.6 Å². The minimum absolute atomic E-state index is 0.000922. The van der Waals surface area contributed by atoms with Gasteiger partial charge < -0.3 is 95.6 Å². The van der Waals surface area contributed by atoms with E-state index < -0.39 is 281 Å². The smallest absolute Gasteiger partial charge is 0.436 e. The molecule has 6 saturated heterocycles. The van der Waals surface area contributed by atoms with Crippen molar-refractivity contribution in [3.63, 3.8) is 0 Å². The van der Waals surface area contributed by atoms with Crippen LogP contribution in [0.3, 0.4) is 0 Å². The topological polar surface area (TPSA) is 919 Å². The van der Waals surface area contributed by atoms with E-state index in [0.29, 0.717) is 11.1 Å². The molecule has 66 nitrogen and oxygen atoms in total. The number of aromatic amines is 5. The van der Waals surface area contributed by atoms with Gasteiger partial charge >= 0.3 is 52.6 Å². The fraction of sp³-hybridized carbons (Fsp3) is 0.425. The second kappa shape index (κ2) is 39.2. The quantitative estimate of drug-likeness (QED) is 0.0239. The number of para-hydroxylation sites is 3. The van der Waals surface area contributed by atoms with Gasteiger partial charge in [-0.15, -0.1) is 0 Å². The van der Waals surface area contributed by atoms with Gasteiger partial charge in [-0.2, -0.15) is 19.9 Å². The number of aliphatic hydroxyl groups excluding tert-OH is 1. The van der Waals surface area contributed by atoms with Gasteiger partial charge in [0, 0.05) is 50.3 Å². The molecule has 6 fully saturated rings. The maximum Gasteiger partial charge on any atom is 0.527 e. The first-order valence-electron chi connectivity index (χ1n) is 43.1. The number of aromatic nitrogens is 23. The second-order valence-corrected chi connectivity index (χ2v) is 41.7. The van der Waals surface area contributed by atoms with Crippen LogP contribution in [0, 0.1) is 6.92 Å². The molecular formula is C73H82N28O38P6. The molecule has 12 aromatic heterocycles. The number of oxazole rings is 1. The lowest BCUT2D eigenvalue weighted by atomic mass is 10.2. The predicted molar refractivity (Wildman–Crippen MR) is 482 cm³/mol. The van der Waals surface area contributed by atoms with Crippen molar-refractivity contribution in [3.05, 3.63) is 161 Å². The molecule has 0 aliphatic carbocycles. The molecule has 6 aliphatic rings. The molecule has 24 atom stereocenters. The highest BCUT2D eigenvalue weighted by atomic mass is 31.2. The molecule has 6 unspecified atom stereocenters. The fourth-order valence-electron chi connectivity index (χ4n) is 17.1. The molecule has 6 aliphatic heterocycles. The van der Waals surface area contributed by atoms with Crippen molar-refractivity contribution in [2.24, 2.45) is 0 Å². The van der Waals surface area contributed by atoms with Crippen LogP contribution in [0.1, 0.15) is 81.5 Å². The molecule has 0 bridgehead atoms. The summed E-state index contributed by atoms with van der Waals surface area (Å²) >= 11 is 0. The van der Waals surface area contributed by atoms with E-state index in [1.807, 2.05) is 0 Å². The van der Waals surface area contributed by atoms with Crippen LogP contribution in [0.4, 0.5) is 29.6 Å². The standard InChI is InChI=1S/C73H82N28O38P6/c1-29-16-96(73(108)95-63(29)103)47-11-35(41(128-47)18-122-140(109,110)134-33-8-4-2-6-30(33)68-86-31-7-3-5-9-34(31)133-68)135-142(113,114)124-20-43-37(13-49(130-43)99-26-83-54-60(99)88-70(76)92-65(54)105)138-144(117,118)126-22-45-39(15-51(132-45)101-28-85-56-62(101)90-72(78)94-67(56)107)139-145(119,120)125-21-44-38(14-50(131-44)100-27-84-55-61(100)89-71(77)93-66(55)106)137-143(115,116)123-19-42-36(12-48(129-42)97-24-81-52-57(74)79-23-80-58(52)97)136-141(111,112)121-17-40-32(102)10-46(127-40)98-25-82-53-59(98)87-69(75)91-64(53)104/h2-9,16,23-28,32,35-51,102H,10-15,17-22H2,1H3,(H,109,110)(H,111,112)(H,113,114)(H,115,116)(H,117,118)(H,119,120)(H2,74,79,80)(H,95,103,108)(H3,75,87,91,104)(H3,76,88,92,105)(H3,77,89,93,106)(H3,78,90,94,107)/t32-,35-,36-,37-,38-,39-,40+,41+,42+,43+,44+,45+,46+,47+,48+,49+,50+,51+/m0/s1. The van der Waals surface area contributed by atoms with Gasteiger partial charge in [0.15, 0.2) is 61.7 Å². The number of aliphatic hydroxyl groups is 1. The van der Waals surface area contributed by atoms with Crippen molar-refractivity contribution in [1.82, 2.24) is 112 Å². The Labute approximate surface area is 803 Å². The van der Waals surface area contributed by atoms with E-state index in [4.69, 9.17) is 116 Å². The zero-order valence-electron chi connectivity index (χ0n) is 73.9. The summed E-state index contributed by atoms with van der Waals surface area (Å²) in [6.07, 6.45) is -23.5. The first-order chi connectivity index (χ1) is 68.9. The van der Waals surface area contributed by atoms with E-state index in [2.05, 4.69) is 84.7 Å². The van der Waals surface area contributed by atoms with Crippen molar-refractivity contribution < 1.29 is 149 Å². The Morgan fingerprint density at radius 2 is 0.697 bits per heavy atom. The van der Waals surface area contributed by atoms with Crippen molar-refractivity contribution >= 4 is 143 Å². The zero-order chi connectivity index (χ0) is 102. The molecule has 2 aromatic carbocycles. The molecule has 72 heteroatoms. The minimum Gasteiger partial charge on any atom is -0.436 e. The van der Waals surface area contributed by atoms with Crippen LogP contribution in [-0.2, 0) is 106 Å². The maximum atomic E-state index is 14.8. The highest BCUT2D eigenvalue weighted by Gasteiger charge is 2.53. The Hall–Kier alpha value is -12.2.